The number of nitrogens with zero attached hydrogens (tertiary/aromatic N) is 2. The molecule has 3 rings (SSSR count). The molecule has 0 spiro atoms. The lowest BCUT2D eigenvalue weighted by Gasteiger charge is -2.28. The molecule has 2 aromatic rings. The lowest BCUT2D eigenvalue weighted by molar-refractivity contribution is -0.109. The third-order valence-corrected chi connectivity index (χ3v) is 5.77. The van der Waals surface area contributed by atoms with Crippen LogP contribution in [0.15, 0.2) is 58.5 Å². The lowest BCUT2D eigenvalue weighted by atomic mass is 10.1. The normalized spacial score (nSPS) is 14.9. The van der Waals surface area contributed by atoms with Crippen LogP contribution in [-0.4, -0.2) is 65.5 Å². The van der Waals surface area contributed by atoms with Crippen molar-refractivity contribution in [3.63, 3.8) is 0 Å². The molecule has 0 bridgehead atoms. The Kier molecular flexibility index (Phi) is 8.04. The van der Waals surface area contributed by atoms with Gasteiger partial charge in [-0.1, -0.05) is 12.1 Å². The Balaban J connectivity index is 1.81. The highest BCUT2D eigenvalue weighted by molar-refractivity contribution is 7.89. The molecule has 0 aliphatic carbocycles. The van der Waals surface area contributed by atoms with E-state index in [-0.39, 0.29) is 16.5 Å². The van der Waals surface area contributed by atoms with Gasteiger partial charge < -0.3 is 19.1 Å². The quantitative estimate of drug-likeness (QED) is 0.256. The van der Waals surface area contributed by atoms with E-state index in [4.69, 9.17) is 19.3 Å². The second-order valence-electron chi connectivity index (χ2n) is 7.03. The number of nitrogens with one attached hydrogen (secondary N) is 1. The fourth-order valence-electron chi connectivity index (χ4n) is 3.10. The third-order valence-electron chi connectivity index (χ3n) is 4.84. The van der Waals surface area contributed by atoms with Crippen molar-refractivity contribution < 1.29 is 27.4 Å². The van der Waals surface area contributed by atoms with Gasteiger partial charge >= 0.3 is 0 Å². The van der Waals surface area contributed by atoms with Crippen molar-refractivity contribution in [2.24, 2.45) is 10.2 Å². The van der Waals surface area contributed by atoms with Crippen molar-refractivity contribution in [1.82, 2.24) is 4.90 Å². The maximum Gasteiger partial charge on any atom is 0.238 e. The molecule has 33 heavy (non-hydrogen) atoms. The van der Waals surface area contributed by atoms with Crippen LogP contribution >= 0.6 is 0 Å². The summed E-state index contributed by atoms with van der Waals surface area (Å²) >= 11 is 0. The first-order valence-electron chi connectivity index (χ1n) is 10.1. The summed E-state index contributed by atoms with van der Waals surface area (Å²) in [5.74, 6) is 1.05. The number of hydrogen-bond donors (Lipinski definition) is 2. The van der Waals surface area contributed by atoms with Gasteiger partial charge in [0, 0.05) is 13.1 Å². The van der Waals surface area contributed by atoms with Crippen LogP contribution in [0, 0.1) is 0 Å². The van der Waals surface area contributed by atoms with Crippen LogP contribution in [0.25, 0.3) is 6.08 Å². The first-order chi connectivity index (χ1) is 15.8. The zero-order valence-corrected chi connectivity index (χ0v) is 19.2. The minimum absolute atomic E-state index is 0.0145. The predicted octanol–water partition coefficient (Wildman–Crippen LogP) is 1.69. The number of amidine groups is 1. The van der Waals surface area contributed by atoms with Crippen LogP contribution in [0.4, 0.5) is 5.69 Å². The second kappa shape index (κ2) is 10.9. The molecule has 3 N–H and O–H groups in total. The number of anilines is 1. The van der Waals surface area contributed by atoms with Gasteiger partial charge in [0.2, 0.25) is 15.8 Å². The van der Waals surface area contributed by atoms with Crippen LogP contribution in [-0.2, 0) is 19.6 Å². The Morgan fingerprint density at radius 3 is 2.36 bits per heavy atom. The Bertz CT molecular complexity index is 1140. The molecule has 0 atom stereocenters. The number of nitrogens with two attached hydrogens (primary N) is 1. The monoisotopic (exact) mass is 474 g/mol. The van der Waals surface area contributed by atoms with Crippen molar-refractivity contribution in [2.45, 2.75) is 4.90 Å². The van der Waals surface area contributed by atoms with Crippen molar-refractivity contribution in [3.05, 3.63) is 54.1 Å². The Hall–Kier alpha value is -3.41. The van der Waals surface area contributed by atoms with Gasteiger partial charge in [0.25, 0.3) is 0 Å². The average Bonchev–Trinajstić information content (AvgIpc) is 2.83. The van der Waals surface area contributed by atoms with E-state index in [1.54, 1.807) is 32.4 Å². The Morgan fingerprint density at radius 2 is 1.76 bits per heavy atom. The average molecular weight is 475 g/mol. The van der Waals surface area contributed by atoms with Gasteiger partial charge in [0.1, 0.15) is 0 Å². The van der Waals surface area contributed by atoms with Crippen molar-refractivity contribution in [3.8, 4) is 11.5 Å². The van der Waals surface area contributed by atoms with E-state index in [2.05, 4.69) is 10.5 Å². The van der Waals surface area contributed by atoms with E-state index >= 15 is 0 Å². The number of benzene rings is 2. The molecule has 1 aliphatic rings. The molecule has 0 saturated carbocycles. The number of hydrogen-bond acceptors (Lipinski definition) is 8. The highest BCUT2D eigenvalue weighted by Crippen LogP contribution is 2.28. The van der Waals surface area contributed by atoms with Gasteiger partial charge in [0.15, 0.2) is 17.3 Å². The van der Waals surface area contributed by atoms with Crippen molar-refractivity contribution in [2.75, 3.05) is 45.9 Å². The molecule has 1 fully saturated rings. The molecular formula is C22H26N4O6S. The van der Waals surface area contributed by atoms with Gasteiger partial charge in [-0.3, -0.25) is 10.2 Å². The topological polar surface area (TPSA) is 133 Å². The largest absolute Gasteiger partial charge is 0.493 e. The number of hydrazone groups is 1. The van der Waals surface area contributed by atoms with Gasteiger partial charge in [0.05, 0.1) is 38.0 Å². The molecule has 2 aromatic carbocycles. The molecule has 10 nitrogen and oxygen atoms in total. The summed E-state index contributed by atoms with van der Waals surface area (Å²) < 4.78 is 38.7. The molecule has 1 heterocycles. The lowest BCUT2D eigenvalue weighted by Crippen LogP contribution is -2.44. The first-order valence-corrected chi connectivity index (χ1v) is 11.6. The Morgan fingerprint density at radius 1 is 1.09 bits per heavy atom. The van der Waals surface area contributed by atoms with Gasteiger partial charge in [-0.15, -0.1) is 0 Å². The number of morpholine rings is 1. The molecule has 0 aromatic heterocycles. The molecule has 0 radical (unpaired) electrons. The van der Waals surface area contributed by atoms with Crippen molar-refractivity contribution >= 4 is 33.4 Å². The third kappa shape index (κ3) is 6.54. The summed E-state index contributed by atoms with van der Waals surface area (Å²) in [5, 5.41) is 9.41. The molecule has 1 saturated heterocycles. The van der Waals surface area contributed by atoms with E-state index in [0.29, 0.717) is 43.5 Å². The predicted molar refractivity (Wildman–Crippen MR) is 125 cm³/mol. The van der Waals surface area contributed by atoms with E-state index in [9.17, 15) is 13.2 Å². The summed E-state index contributed by atoms with van der Waals surface area (Å²) in [6.07, 6.45) is 3.10. The summed E-state index contributed by atoms with van der Waals surface area (Å²) in [5.41, 5.74) is 4.07. The number of sulfonamides is 1. The van der Waals surface area contributed by atoms with Gasteiger partial charge in [-0.2, -0.15) is 5.10 Å². The molecule has 11 heteroatoms. The minimum atomic E-state index is -3.79. The first kappa shape index (κ1) is 24.2. The highest BCUT2D eigenvalue weighted by atomic mass is 32.2. The highest BCUT2D eigenvalue weighted by Gasteiger charge is 2.20. The molecule has 0 unspecified atom stereocenters. The summed E-state index contributed by atoms with van der Waals surface area (Å²) in [6, 6.07) is 11.1. The molecular weight excluding hydrogens is 448 g/mol. The van der Waals surface area contributed by atoms with Crippen LogP contribution in [0.1, 0.15) is 5.56 Å². The van der Waals surface area contributed by atoms with Crippen LogP contribution < -0.4 is 20.0 Å². The van der Waals surface area contributed by atoms with Crippen LogP contribution in [0.2, 0.25) is 0 Å². The summed E-state index contributed by atoms with van der Waals surface area (Å²) in [7, 11) is -0.695. The number of rotatable bonds is 8. The maximum atomic E-state index is 13.0. The second-order valence-corrected chi connectivity index (χ2v) is 8.59. The standard InChI is InChI=1S/C22H26N4O6S/c1-30-20-10-4-16(15-21(20)31-2)3-9-19(27)22(26-11-13-32-14-12-26)25-24-17-5-7-18(8-6-17)33(23,28)29/h3-10,15,24H,11-14H2,1-2H3,(H2,23,28,29)/b9-3+,25-22-. The summed E-state index contributed by atoms with van der Waals surface area (Å²) in [6.45, 7) is 1.99. The van der Waals surface area contributed by atoms with Crippen LogP contribution in [0.3, 0.4) is 0 Å². The van der Waals surface area contributed by atoms with Gasteiger partial charge in [-0.05, 0) is 48.0 Å². The number of carbonyl (C=O) groups is 1. The fourth-order valence-corrected chi connectivity index (χ4v) is 3.61. The number of primary sulfonamides is 1. The van der Waals surface area contributed by atoms with E-state index in [0.717, 1.165) is 5.56 Å². The summed E-state index contributed by atoms with van der Waals surface area (Å²) in [4.78, 5) is 14.8. The zero-order chi connectivity index (χ0) is 23.8. The maximum absolute atomic E-state index is 13.0. The number of carbonyl (C=O) groups excluding carboxylic acids is 1. The number of ether oxygens (including phenoxy) is 3. The SMILES string of the molecule is COc1ccc(/C=C/C(=O)/C(=N/Nc2ccc(S(N)(=O)=O)cc2)N2CCOCC2)cc1OC. The Labute approximate surface area is 192 Å². The molecule has 0 amide bonds. The fraction of sp³-hybridized carbons (Fsp3) is 0.273. The minimum Gasteiger partial charge on any atom is -0.493 e. The zero-order valence-electron chi connectivity index (χ0n) is 18.4. The van der Waals surface area contributed by atoms with Crippen molar-refractivity contribution in [1.29, 1.82) is 0 Å². The van der Waals surface area contributed by atoms with E-state index < -0.39 is 10.0 Å². The van der Waals surface area contributed by atoms with Gasteiger partial charge in [-0.25, -0.2) is 13.6 Å². The van der Waals surface area contributed by atoms with E-state index in [1.165, 1.54) is 30.3 Å². The van der Waals surface area contributed by atoms with E-state index in [1.807, 2.05) is 11.0 Å². The molecule has 1 aliphatic heterocycles. The van der Waals surface area contributed by atoms with Crippen LogP contribution in [0.5, 0.6) is 11.5 Å². The number of methoxy groups -OCH3 is 2. The smallest absolute Gasteiger partial charge is 0.238 e. The number of ketones is 1. The molecule has 176 valence electrons.